The molecule has 0 radical (unpaired) electrons. The lowest BCUT2D eigenvalue weighted by Crippen LogP contribution is -2.25. The van der Waals surface area contributed by atoms with E-state index >= 15 is 0 Å². The molecular formula is C34H25N3. The first-order valence-electron chi connectivity index (χ1n) is 12.6. The van der Waals surface area contributed by atoms with Crippen LogP contribution in [0.1, 0.15) is 22.9 Å². The lowest BCUT2D eigenvalue weighted by Gasteiger charge is -2.25. The molecule has 0 fully saturated rings. The molecule has 0 amide bonds. The van der Waals surface area contributed by atoms with E-state index in [-0.39, 0.29) is 6.17 Å². The smallest absolute Gasteiger partial charge is 0.145 e. The van der Waals surface area contributed by atoms with Gasteiger partial charge in [0.15, 0.2) is 0 Å². The Morgan fingerprint density at radius 3 is 1.84 bits per heavy atom. The molecule has 3 heteroatoms. The summed E-state index contributed by atoms with van der Waals surface area (Å²) in [4.78, 5) is 5.17. The minimum absolute atomic E-state index is 0.205. The Hall–Kier alpha value is -4.89. The first-order chi connectivity index (χ1) is 18.3. The highest BCUT2D eigenvalue weighted by Gasteiger charge is 2.20. The third-order valence-corrected chi connectivity index (χ3v) is 7.02. The van der Waals surface area contributed by atoms with Crippen LogP contribution in [0.15, 0.2) is 145 Å². The van der Waals surface area contributed by atoms with Gasteiger partial charge in [0.2, 0.25) is 0 Å². The van der Waals surface area contributed by atoms with Crippen LogP contribution in [0.5, 0.6) is 0 Å². The van der Waals surface area contributed by atoms with E-state index in [2.05, 4.69) is 137 Å². The summed E-state index contributed by atoms with van der Waals surface area (Å²) in [5, 5.41) is 6.22. The summed E-state index contributed by atoms with van der Waals surface area (Å²) >= 11 is 0. The minimum atomic E-state index is -0.205. The summed E-state index contributed by atoms with van der Waals surface area (Å²) < 4.78 is 2.35. The van der Waals surface area contributed by atoms with Gasteiger partial charge in [0.1, 0.15) is 6.17 Å². The molecule has 7 rings (SSSR count). The molecule has 0 saturated heterocycles. The quantitative estimate of drug-likeness (QED) is 0.276. The Kier molecular flexibility index (Phi) is 5.18. The number of aromatic nitrogens is 1. The van der Waals surface area contributed by atoms with Gasteiger partial charge in [-0.25, -0.2) is 0 Å². The second-order valence-corrected chi connectivity index (χ2v) is 9.32. The van der Waals surface area contributed by atoms with Crippen LogP contribution in [-0.2, 0) is 0 Å². The van der Waals surface area contributed by atoms with Crippen LogP contribution >= 0.6 is 0 Å². The van der Waals surface area contributed by atoms with E-state index in [1.165, 1.54) is 21.8 Å². The summed E-state index contributed by atoms with van der Waals surface area (Å²) in [6, 6.07) is 46.8. The van der Waals surface area contributed by atoms with Gasteiger partial charge in [-0.05, 0) is 47.0 Å². The van der Waals surface area contributed by atoms with Crippen molar-refractivity contribution >= 4 is 33.2 Å². The Labute approximate surface area is 216 Å². The maximum atomic E-state index is 5.17. The van der Waals surface area contributed by atoms with E-state index in [0.29, 0.717) is 0 Å². The zero-order valence-corrected chi connectivity index (χ0v) is 20.3. The molecule has 1 unspecified atom stereocenters. The fourth-order valence-electron chi connectivity index (χ4n) is 5.28. The van der Waals surface area contributed by atoms with Gasteiger partial charge in [0, 0.05) is 22.2 Å². The van der Waals surface area contributed by atoms with Crippen LogP contribution in [0.4, 0.5) is 0 Å². The Bertz CT molecular complexity index is 1740. The summed E-state index contributed by atoms with van der Waals surface area (Å²) in [5.74, 6) is 0. The summed E-state index contributed by atoms with van der Waals surface area (Å²) in [5.41, 5.74) is 8.97. The van der Waals surface area contributed by atoms with Gasteiger partial charge in [-0.15, -0.1) is 0 Å². The molecule has 1 N–H and O–H groups in total. The third-order valence-electron chi connectivity index (χ3n) is 7.02. The Morgan fingerprint density at radius 2 is 1.16 bits per heavy atom. The van der Waals surface area contributed by atoms with Gasteiger partial charge in [-0.1, -0.05) is 109 Å². The third kappa shape index (κ3) is 3.82. The number of para-hydroxylation sites is 2. The van der Waals surface area contributed by atoms with Gasteiger partial charge in [0.25, 0.3) is 0 Å². The Balaban J connectivity index is 1.37. The highest BCUT2D eigenvalue weighted by atomic mass is 15.1. The molecule has 5 aromatic carbocycles. The van der Waals surface area contributed by atoms with Crippen LogP contribution in [0, 0.1) is 0 Å². The summed E-state index contributed by atoms with van der Waals surface area (Å²) in [7, 11) is 0. The van der Waals surface area contributed by atoms with Crippen molar-refractivity contribution in [3.05, 3.63) is 156 Å². The minimum Gasteiger partial charge on any atom is -0.360 e. The zero-order chi connectivity index (χ0) is 24.6. The average Bonchev–Trinajstić information content (AvgIpc) is 3.32. The maximum Gasteiger partial charge on any atom is 0.145 e. The van der Waals surface area contributed by atoms with Crippen molar-refractivity contribution < 1.29 is 0 Å². The van der Waals surface area contributed by atoms with Crippen molar-refractivity contribution in [3.8, 4) is 5.69 Å². The van der Waals surface area contributed by atoms with Crippen LogP contribution in [0.3, 0.4) is 0 Å². The number of benzene rings is 5. The maximum absolute atomic E-state index is 5.17. The molecular weight excluding hydrogens is 450 g/mol. The number of rotatable bonds is 4. The number of nitrogens with zero attached hydrogens (tertiary/aromatic N) is 2. The summed E-state index contributed by atoms with van der Waals surface area (Å²) in [6.07, 6.45) is 1.95. The van der Waals surface area contributed by atoms with E-state index in [1.807, 2.05) is 12.1 Å². The second kappa shape index (κ2) is 8.96. The number of hydrogen-bond donors (Lipinski definition) is 1. The molecule has 0 saturated carbocycles. The van der Waals surface area contributed by atoms with Gasteiger partial charge in [-0.3, -0.25) is 4.99 Å². The van der Waals surface area contributed by atoms with Crippen molar-refractivity contribution in [1.82, 2.24) is 9.88 Å². The largest absolute Gasteiger partial charge is 0.360 e. The lowest BCUT2D eigenvalue weighted by atomic mass is 10.0. The van der Waals surface area contributed by atoms with Crippen LogP contribution in [0.2, 0.25) is 0 Å². The molecule has 1 atom stereocenters. The molecule has 0 bridgehead atoms. The first kappa shape index (κ1) is 21.4. The van der Waals surface area contributed by atoms with E-state index in [9.17, 15) is 0 Å². The molecule has 0 spiro atoms. The van der Waals surface area contributed by atoms with Crippen molar-refractivity contribution in [2.75, 3.05) is 0 Å². The van der Waals surface area contributed by atoms with Crippen molar-refractivity contribution in [2.24, 2.45) is 4.99 Å². The molecule has 6 aromatic rings. The lowest BCUT2D eigenvalue weighted by molar-refractivity contribution is 0.663. The molecule has 3 nitrogen and oxygen atoms in total. The van der Waals surface area contributed by atoms with Crippen molar-refractivity contribution in [2.45, 2.75) is 6.17 Å². The first-order valence-corrected chi connectivity index (χ1v) is 12.6. The number of nitrogens with one attached hydrogen (secondary N) is 1. The fourth-order valence-corrected chi connectivity index (χ4v) is 5.28. The average molecular weight is 476 g/mol. The highest BCUT2D eigenvalue weighted by molar-refractivity contribution is 6.13. The molecule has 1 aromatic heterocycles. The van der Waals surface area contributed by atoms with E-state index in [4.69, 9.17) is 4.99 Å². The highest BCUT2D eigenvalue weighted by Crippen LogP contribution is 2.33. The van der Waals surface area contributed by atoms with Crippen LogP contribution in [-0.4, -0.2) is 10.3 Å². The molecule has 176 valence electrons. The Morgan fingerprint density at radius 1 is 0.568 bits per heavy atom. The summed E-state index contributed by atoms with van der Waals surface area (Å²) in [6.45, 7) is 0. The standard InChI is InChI=1S/C34H25N3/c1-3-12-24(13-4-1)30-23-31(25-14-5-2-6-15-25)36-34(35-30)26-16-11-17-27(22-26)37-32-20-9-7-18-28(32)29-19-8-10-21-33(29)37/h1-23,34-35H. The number of hydrogen-bond acceptors (Lipinski definition) is 2. The zero-order valence-electron chi connectivity index (χ0n) is 20.3. The SMILES string of the molecule is C1=C(c2ccccc2)NC(c2cccc(-n3c4ccccc4c4ccccc43)c2)N=C1c1ccccc1. The van der Waals surface area contributed by atoms with Crippen LogP contribution < -0.4 is 5.32 Å². The molecule has 1 aliphatic rings. The van der Waals surface area contributed by atoms with Crippen LogP contribution in [0.25, 0.3) is 33.2 Å². The number of fused-ring (bicyclic) bond motifs is 3. The van der Waals surface area contributed by atoms with Gasteiger partial charge in [0.05, 0.1) is 16.7 Å². The fraction of sp³-hybridized carbons (Fsp3) is 0.0294. The van der Waals surface area contributed by atoms with Gasteiger partial charge in [-0.2, -0.15) is 0 Å². The second-order valence-electron chi connectivity index (χ2n) is 9.32. The van der Waals surface area contributed by atoms with Gasteiger partial charge < -0.3 is 9.88 Å². The monoisotopic (exact) mass is 475 g/mol. The normalized spacial score (nSPS) is 15.3. The predicted molar refractivity (Wildman–Crippen MR) is 154 cm³/mol. The predicted octanol–water partition coefficient (Wildman–Crippen LogP) is 7.92. The van der Waals surface area contributed by atoms with Crippen molar-refractivity contribution in [1.29, 1.82) is 0 Å². The van der Waals surface area contributed by atoms with E-state index in [1.54, 1.807) is 0 Å². The molecule has 1 aliphatic heterocycles. The number of allylic oxidation sites excluding steroid dienone is 1. The molecule has 2 heterocycles. The van der Waals surface area contributed by atoms with Gasteiger partial charge >= 0.3 is 0 Å². The van der Waals surface area contributed by atoms with E-state index < -0.39 is 0 Å². The topological polar surface area (TPSA) is 29.3 Å². The number of aliphatic imine (C=N–C) groups is 1. The van der Waals surface area contributed by atoms with Crippen molar-refractivity contribution in [3.63, 3.8) is 0 Å². The molecule has 37 heavy (non-hydrogen) atoms. The van der Waals surface area contributed by atoms with E-state index in [0.717, 1.165) is 33.8 Å². The molecule has 0 aliphatic carbocycles.